The van der Waals surface area contributed by atoms with Gasteiger partial charge in [0.15, 0.2) is 0 Å². The molecule has 24 heavy (non-hydrogen) atoms. The molecule has 1 heteroatoms. The average Bonchev–Trinajstić information content (AvgIpc) is 2.41. The second-order valence-electron chi connectivity index (χ2n) is 7.26. The van der Waals surface area contributed by atoms with Crippen LogP contribution < -0.4 is 0 Å². The second-order valence-corrected chi connectivity index (χ2v) is 7.26. The lowest BCUT2D eigenvalue weighted by Gasteiger charge is -2.18. The van der Waals surface area contributed by atoms with E-state index in [4.69, 9.17) is 0 Å². The Hall–Kier alpha value is -2.11. The molecule has 0 spiro atoms. The summed E-state index contributed by atoms with van der Waals surface area (Å²) in [6.07, 6.45) is 0. The highest BCUT2D eigenvalue weighted by molar-refractivity contribution is 6.02. The molecule has 0 heterocycles. The van der Waals surface area contributed by atoms with Gasteiger partial charge in [-0.1, -0.05) is 35.4 Å². The van der Waals surface area contributed by atoms with E-state index in [-0.39, 0.29) is 6.04 Å². The number of aryl methyl sites for hydroxylation is 6. The summed E-state index contributed by atoms with van der Waals surface area (Å²) in [6, 6.07) is 9.23. The molecule has 0 saturated heterocycles. The number of rotatable bonds is 3. The molecular formula is C23H29N. The van der Waals surface area contributed by atoms with Gasteiger partial charge in [-0.05, 0) is 94.6 Å². The molecular weight excluding hydrogens is 290 g/mol. The zero-order valence-corrected chi connectivity index (χ0v) is 16.3. The number of nitrogens with zero attached hydrogens (tertiary/aromatic N) is 1. The van der Waals surface area contributed by atoms with Gasteiger partial charge in [0.1, 0.15) is 0 Å². The summed E-state index contributed by atoms with van der Waals surface area (Å²) in [5, 5.41) is 0. The summed E-state index contributed by atoms with van der Waals surface area (Å²) in [4.78, 5) is 4.60. The van der Waals surface area contributed by atoms with Crippen LogP contribution in [0, 0.1) is 41.5 Å². The maximum atomic E-state index is 4.60. The molecule has 0 fully saturated rings. The minimum atomic E-state index is 0.233. The first-order valence-corrected chi connectivity index (χ1v) is 8.70. The molecule has 0 unspecified atom stereocenters. The molecule has 0 radical (unpaired) electrons. The normalized spacial score (nSPS) is 10.7. The van der Waals surface area contributed by atoms with E-state index < -0.39 is 0 Å². The Morgan fingerprint density at radius 3 is 1.33 bits per heavy atom. The van der Waals surface area contributed by atoms with Crippen molar-refractivity contribution in [2.75, 3.05) is 0 Å². The van der Waals surface area contributed by atoms with E-state index in [1.54, 1.807) is 0 Å². The lowest BCUT2D eigenvalue weighted by atomic mass is 9.86. The fourth-order valence-electron chi connectivity index (χ4n) is 3.58. The lowest BCUT2D eigenvalue weighted by Crippen LogP contribution is -2.02. The van der Waals surface area contributed by atoms with Crippen molar-refractivity contribution in [3.05, 3.63) is 68.8 Å². The van der Waals surface area contributed by atoms with Crippen molar-refractivity contribution >= 4 is 11.4 Å². The van der Waals surface area contributed by atoms with Gasteiger partial charge in [-0.2, -0.15) is 0 Å². The molecule has 0 aliphatic carbocycles. The van der Waals surface area contributed by atoms with E-state index in [1.165, 1.54) is 44.5 Å². The molecule has 0 atom stereocenters. The van der Waals surface area contributed by atoms with Crippen molar-refractivity contribution < 1.29 is 0 Å². The predicted molar refractivity (Wildman–Crippen MR) is 106 cm³/mol. The Balaban J connectivity index is 2.86. The monoisotopic (exact) mass is 319 g/mol. The van der Waals surface area contributed by atoms with Crippen molar-refractivity contribution in [1.82, 2.24) is 0 Å². The van der Waals surface area contributed by atoms with Crippen LogP contribution in [0.5, 0.6) is 0 Å². The Kier molecular flexibility index (Phi) is 5.47. The van der Waals surface area contributed by atoms with Gasteiger partial charge in [0, 0.05) is 0 Å². The van der Waals surface area contributed by atoms with Gasteiger partial charge >= 0.3 is 0 Å². The van der Waals surface area contributed by atoms with Crippen molar-refractivity contribution in [2.24, 2.45) is 4.99 Å². The van der Waals surface area contributed by atoms with Crippen molar-refractivity contribution in [2.45, 2.75) is 61.4 Å². The maximum absolute atomic E-state index is 4.60. The molecule has 2 aromatic carbocycles. The standard InChI is InChI=1S/C23H29N/c1-14(2)24-13-21(22-17(5)9-15(3)10-18(22)6)23-19(7)11-16(4)12-20(23)8/h9-12,14H,1-8H3. The SMILES string of the molecule is Cc1cc(C)c(C(=C=NC(C)C)c2c(C)cc(C)cc2C)c(C)c1. The Labute approximate surface area is 147 Å². The van der Waals surface area contributed by atoms with Gasteiger partial charge in [-0.25, -0.2) is 4.99 Å². The highest BCUT2D eigenvalue weighted by atomic mass is 14.7. The van der Waals surface area contributed by atoms with Crippen LogP contribution in [0.1, 0.15) is 58.4 Å². The highest BCUT2D eigenvalue weighted by Gasteiger charge is 2.16. The quantitative estimate of drug-likeness (QED) is 0.611. The number of aliphatic imine (C=N–C) groups is 1. The van der Waals surface area contributed by atoms with E-state index in [2.05, 4.69) is 90.5 Å². The molecule has 2 rings (SSSR count). The highest BCUT2D eigenvalue weighted by Crippen LogP contribution is 2.32. The Bertz CT molecular complexity index is 726. The molecule has 2 aromatic rings. The molecule has 0 amide bonds. The van der Waals surface area contributed by atoms with E-state index in [9.17, 15) is 0 Å². The smallest absolute Gasteiger partial charge is 0.0537 e. The van der Waals surface area contributed by atoms with Crippen LogP contribution in [0.3, 0.4) is 0 Å². The van der Waals surface area contributed by atoms with Gasteiger partial charge < -0.3 is 0 Å². The van der Waals surface area contributed by atoms with Crippen LogP contribution in [0.4, 0.5) is 0 Å². The molecule has 126 valence electrons. The second kappa shape index (κ2) is 7.20. The zero-order chi connectivity index (χ0) is 18.0. The molecule has 0 aromatic heterocycles. The summed E-state index contributed by atoms with van der Waals surface area (Å²) in [5.74, 6) is 3.40. The third kappa shape index (κ3) is 3.86. The minimum Gasteiger partial charge on any atom is -0.240 e. The van der Waals surface area contributed by atoms with E-state index >= 15 is 0 Å². The number of hydrogen-bond acceptors (Lipinski definition) is 1. The van der Waals surface area contributed by atoms with E-state index in [0.717, 1.165) is 5.57 Å². The fraction of sp³-hybridized carbons (Fsp3) is 0.391. The molecule has 0 saturated carbocycles. The molecule has 1 nitrogen and oxygen atoms in total. The minimum absolute atomic E-state index is 0.233. The van der Waals surface area contributed by atoms with Crippen LogP contribution in [-0.4, -0.2) is 11.9 Å². The lowest BCUT2D eigenvalue weighted by molar-refractivity contribution is 0.843. The van der Waals surface area contributed by atoms with Crippen molar-refractivity contribution in [1.29, 1.82) is 0 Å². The zero-order valence-electron chi connectivity index (χ0n) is 16.3. The van der Waals surface area contributed by atoms with E-state index in [0.29, 0.717) is 0 Å². The molecule has 0 N–H and O–H groups in total. The van der Waals surface area contributed by atoms with E-state index in [1.807, 2.05) is 0 Å². The number of hydrogen-bond donors (Lipinski definition) is 0. The third-order valence-corrected chi connectivity index (χ3v) is 4.29. The van der Waals surface area contributed by atoms with Crippen LogP contribution in [0.25, 0.3) is 5.57 Å². The summed E-state index contributed by atoms with van der Waals surface area (Å²) < 4.78 is 0. The molecule has 0 aliphatic rings. The predicted octanol–water partition coefficient (Wildman–Crippen LogP) is 6.05. The summed E-state index contributed by atoms with van der Waals surface area (Å²) in [6.45, 7) is 17.2. The van der Waals surface area contributed by atoms with Crippen LogP contribution in [0.15, 0.2) is 29.3 Å². The Morgan fingerprint density at radius 2 is 1.04 bits per heavy atom. The number of benzene rings is 2. The van der Waals surface area contributed by atoms with Gasteiger partial charge in [0.2, 0.25) is 0 Å². The van der Waals surface area contributed by atoms with Crippen molar-refractivity contribution in [3.8, 4) is 0 Å². The first-order valence-electron chi connectivity index (χ1n) is 8.70. The maximum Gasteiger partial charge on any atom is 0.0537 e. The van der Waals surface area contributed by atoms with Gasteiger partial charge in [0.05, 0.1) is 11.6 Å². The van der Waals surface area contributed by atoms with Crippen molar-refractivity contribution in [3.63, 3.8) is 0 Å². The summed E-state index contributed by atoms with van der Waals surface area (Å²) in [7, 11) is 0. The average molecular weight is 319 g/mol. The topological polar surface area (TPSA) is 12.4 Å². The fourth-order valence-corrected chi connectivity index (χ4v) is 3.58. The third-order valence-electron chi connectivity index (χ3n) is 4.29. The largest absolute Gasteiger partial charge is 0.240 e. The van der Waals surface area contributed by atoms with Gasteiger partial charge in [0.25, 0.3) is 0 Å². The van der Waals surface area contributed by atoms with Gasteiger partial charge in [-0.3, -0.25) is 0 Å². The molecule has 0 bridgehead atoms. The molecule has 0 aliphatic heterocycles. The summed E-state index contributed by atoms with van der Waals surface area (Å²) >= 11 is 0. The van der Waals surface area contributed by atoms with Crippen LogP contribution in [-0.2, 0) is 0 Å². The van der Waals surface area contributed by atoms with Crippen LogP contribution in [0.2, 0.25) is 0 Å². The Morgan fingerprint density at radius 1 is 0.708 bits per heavy atom. The first-order chi connectivity index (χ1) is 11.2. The first kappa shape index (κ1) is 18.2. The summed E-state index contributed by atoms with van der Waals surface area (Å²) in [5.41, 5.74) is 11.4. The van der Waals surface area contributed by atoms with Crippen LogP contribution >= 0.6 is 0 Å². The van der Waals surface area contributed by atoms with Gasteiger partial charge in [-0.15, -0.1) is 0 Å².